The fourth-order valence-corrected chi connectivity index (χ4v) is 2.81. The molecule has 0 radical (unpaired) electrons. The van der Waals surface area contributed by atoms with Gasteiger partial charge in [-0.1, -0.05) is 0 Å². The number of aliphatic hydroxyl groups is 1. The summed E-state index contributed by atoms with van der Waals surface area (Å²) in [4.78, 5) is 2.40. The lowest BCUT2D eigenvalue weighted by molar-refractivity contribution is 0.00240. The summed E-state index contributed by atoms with van der Waals surface area (Å²) >= 11 is 0. The minimum absolute atomic E-state index is 0.158. The van der Waals surface area contributed by atoms with E-state index in [-0.39, 0.29) is 11.6 Å². The third kappa shape index (κ3) is 2.59. The van der Waals surface area contributed by atoms with E-state index in [1.54, 1.807) is 0 Å². The quantitative estimate of drug-likeness (QED) is 0.882. The molecule has 1 fully saturated rings. The molecule has 1 aromatic heterocycles. The van der Waals surface area contributed by atoms with Gasteiger partial charge in [-0.25, -0.2) is 0 Å². The van der Waals surface area contributed by atoms with Gasteiger partial charge in [-0.3, -0.25) is 9.58 Å². The third-order valence-corrected chi connectivity index (χ3v) is 4.24. The van der Waals surface area contributed by atoms with E-state index in [9.17, 15) is 5.11 Å². The largest absolute Gasteiger partial charge is 0.391 e. The number of likely N-dealkylation sites (tertiary alicyclic amines) is 1. The zero-order chi connectivity index (χ0) is 13.3. The second-order valence-electron chi connectivity index (χ2n) is 5.97. The lowest BCUT2D eigenvalue weighted by Gasteiger charge is -2.39. The summed E-state index contributed by atoms with van der Waals surface area (Å²) in [5, 5.41) is 14.9. The van der Waals surface area contributed by atoms with Crippen LogP contribution in [-0.4, -0.2) is 44.5 Å². The van der Waals surface area contributed by atoms with Crippen LogP contribution in [0.3, 0.4) is 0 Å². The average molecular weight is 251 g/mol. The zero-order valence-electron chi connectivity index (χ0n) is 12.0. The van der Waals surface area contributed by atoms with E-state index >= 15 is 0 Å². The van der Waals surface area contributed by atoms with E-state index in [0.717, 1.165) is 24.5 Å². The Kier molecular flexibility index (Phi) is 3.78. The number of rotatable bonds is 4. The van der Waals surface area contributed by atoms with E-state index < -0.39 is 0 Å². The van der Waals surface area contributed by atoms with E-state index in [2.05, 4.69) is 29.9 Å². The number of aliphatic hydroxyl groups excluding tert-OH is 1. The van der Waals surface area contributed by atoms with Crippen LogP contribution in [0.4, 0.5) is 0 Å². The molecule has 1 aliphatic rings. The van der Waals surface area contributed by atoms with Crippen LogP contribution in [0.25, 0.3) is 0 Å². The molecule has 0 amide bonds. The Balaban J connectivity index is 2.06. The van der Waals surface area contributed by atoms with Crippen molar-refractivity contribution in [3.8, 4) is 0 Å². The van der Waals surface area contributed by atoms with Crippen LogP contribution in [0, 0.1) is 6.92 Å². The van der Waals surface area contributed by atoms with E-state index in [1.165, 1.54) is 12.8 Å². The number of hydrogen-bond acceptors (Lipinski definition) is 3. The molecule has 0 aliphatic carbocycles. The van der Waals surface area contributed by atoms with Crippen LogP contribution in [-0.2, 0) is 13.5 Å². The number of aromatic nitrogens is 2. The molecule has 1 aliphatic heterocycles. The first-order valence-corrected chi connectivity index (χ1v) is 6.84. The lowest BCUT2D eigenvalue weighted by atomic mass is 9.91. The van der Waals surface area contributed by atoms with E-state index in [1.807, 2.05) is 18.7 Å². The van der Waals surface area contributed by atoms with Crippen molar-refractivity contribution in [2.45, 2.75) is 51.7 Å². The monoisotopic (exact) mass is 251 g/mol. The van der Waals surface area contributed by atoms with Gasteiger partial charge in [-0.15, -0.1) is 0 Å². The van der Waals surface area contributed by atoms with Crippen molar-refractivity contribution in [1.29, 1.82) is 0 Å². The minimum atomic E-state index is -0.356. The zero-order valence-corrected chi connectivity index (χ0v) is 12.0. The van der Waals surface area contributed by atoms with Gasteiger partial charge in [0.2, 0.25) is 0 Å². The molecule has 2 rings (SSSR count). The van der Waals surface area contributed by atoms with Gasteiger partial charge in [0.25, 0.3) is 0 Å². The molecule has 4 nitrogen and oxygen atoms in total. The fraction of sp³-hybridized carbons (Fsp3) is 0.786. The molecular weight excluding hydrogens is 226 g/mol. The highest BCUT2D eigenvalue weighted by Crippen LogP contribution is 2.26. The van der Waals surface area contributed by atoms with Crippen LogP contribution < -0.4 is 0 Å². The molecular formula is C14H25N3O. The van der Waals surface area contributed by atoms with Crippen molar-refractivity contribution in [2.24, 2.45) is 7.05 Å². The van der Waals surface area contributed by atoms with Gasteiger partial charge in [-0.2, -0.15) is 5.10 Å². The van der Waals surface area contributed by atoms with Gasteiger partial charge in [0.05, 0.1) is 11.8 Å². The predicted octanol–water partition coefficient (Wildman–Crippen LogP) is 1.51. The second kappa shape index (κ2) is 5.02. The Morgan fingerprint density at radius 3 is 2.50 bits per heavy atom. The fourth-order valence-electron chi connectivity index (χ4n) is 2.81. The molecule has 0 bridgehead atoms. The van der Waals surface area contributed by atoms with Crippen LogP contribution >= 0.6 is 0 Å². The average Bonchev–Trinajstić information content (AvgIpc) is 2.89. The molecule has 1 saturated heterocycles. The van der Waals surface area contributed by atoms with Crippen LogP contribution in [0.1, 0.15) is 38.1 Å². The predicted molar refractivity (Wildman–Crippen MR) is 72.5 cm³/mol. The number of hydrogen-bond donors (Lipinski definition) is 1. The molecule has 4 heteroatoms. The maximum atomic E-state index is 10.5. The van der Waals surface area contributed by atoms with E-state index in [4.69, 9.17) is 0 Å². The summed E-state index contributed by atoms with van der Waals surface area (Å²) in [5.41, 5.74) is 1.96. The van der Waals surface area contributed by atoms with Crippen molar-refractivity contribution in [1.82, 2.24) is 14.7 Å². The van der Waals surface area contributed by atoms with Gasteiger partial charge in [0.15, 0.2) is 0 Å². The summed E-state index contributed by atoms with van der Waals surface area (Å²) in [5.74, 6) is 0. The van der Waals surface area contributed by atoms with Gasteiger partial charge in [0, 0.05) is 24.7 Å². The highest BCUT2D eigenvalue weighted by atomic mass is 16.3. The summed E-state index contributed by atoms with van der Waals surface area (Å²) in [7, 11) is 1.94. The van der Waals surface area contributed by atoms with E-state index in [0.29, 0.717) is 6.42 Å². The second-order valence-corrected chi connectivity index (χ2v) is 5.97. The van der Waals surface area contributed by atoms with Crippen molar-refractivity contribution in [3.05, 3.63) is 17.5 Å². The maximum Gasteiger partial charge on any atom is 0.0773 e. The normalized spacial score (nSPS) is 19.4. The van der Waals surface area contributed by atoms with Gasteiger partial charge in [0.1, 0.15) is 0 Å². The first-order chi connectivity index (χ1) is 8.41. The lowest BCUT2D eigenvalue weighted by Crippen LogP contribution is -2.52. The number of nitrogens with zero attached hydrogens (tertiary/aromatic N) is 3. The third-order valence-electron chi connectivity index (χ3n) is 4.24. The maximum absolute atomic E-state index is 10.5. The Morgan fingerprint density at radius 2 is 2.00 bits per heavy atom. The molecule has 1 N–H and O–H groups in total. The summed E-state index contributed by atoms with van der Waals surface area (Å²) in [6.07, 6.45) is 2.81. The van der Waals surface area contributed by atoms with Gasteiger partial charge < -0.3 is 5.11 Å². The number of aryl methyl sites for hydroxylation is 2. The molecule has 2 heterocycles. The first kappa shape index (κ1) is 13.6. The highest BCUT2D eigenvalue weighted by Gasteiger charge is 2.36. The first-order valence-electron chi connectivity index (χ1n) is 6.84. The Hall–Kier alpha value is -0.870. The van der Waals surface area contributed by atoms with Gasteiger partial charge in [-0.05, 0) is 52.8 Å². The molecule has 1 aromatic rings. The molecule has 1 unspecified atom stereocenters. The Morgan fingerprint density at radius 1 is 1.39 bits per heavy atom. The standard InChI is InChI=1S/C14H25N3O/c1-11-9-12(16(4)15-11)10-13(18)14(2,3)17-7-5-6-8-17/h9,13,18H,5-8,10H2,1-4H3. The van der Waals surface area contributed by atoms with Gasteiger partial charge >= 0.3 is 0 Å². The van der Waals surface area contributed by atoms with Crippen molar-refractivity contribution < 1.29 is 5.11 Å². The topological polar surface area (TPSA) is 41.3 Å². The SMILES string of the molecule is Cc1cc(CC(O)C(C)(C)N2CCCC2)n(C)n1. The van der Waals surface area contributed by atoms with Crippen molar-refractivity contribution in [3.63, 3.8) is 0 Å². The summed E-state index contributed by atoms with van der Waals surface area (Å²) in [6, 6.07) is 2.06. The minimum Gasteiger partial charge on any atom is -0.391 e. The Bertz CT molecular complexity index is 405. The van der Waals surface area contributed by atoms with Crippen LogP contribution in [0.5, 0.6) is 0 Å². The van der Waals surface area contributed by atoms with Crippen molar-refractivity contribution in [2.75, 3.05) is 13.1 Å². The Labute approximate surface area is 110 Å². The van der Waals surface area contributed by atoms with Crippen molar-refractivity contribution >= 4 is 0 Å². The van der Waals surface area contributed by atoms with Crippen LogP contribution in [0.2, 0.25) is 0 Å². The molecule has 0 aromatic carbocycles. The molecule has 0 spiro atoms. The van der Waals surface area contributed by atoms with Crippen LogP contribution in [0.15, 0.2) is 6.07 Å². The summed E-state index contributed by atoms with van der Waals surface area (Å²) < 4.78 is 1.87. The molecule has 18 heavy (non-hydrogen) atoms. The molecule has 1 atom stereocenters. The molecule has 102 valence electrons. The summed E-state index contributed by atoms with van der Waals surface area (Å²) in [6.45, 7) is 8.49. The molecule has 0 saturated carbocycles. The highest BCUT2D eigenvalue weighted by molar-refractivity contribution is 5.11. The smallest absolute Gasteiger partial charge is 0.0773 e.